The van der Waals surface area contributed by atoms with Gasteiger partial charge in [-0.1, -0.05) is 12.1 Å². The van der Waals surface area contributed by atoms with Crippen molar-refractivity contribution in [2.45, 2.75) is 64.4 Å². The Labute approximate surface area is 241 Å². The molecule has 2 atom stereocenters. The highest BCUT2D eigenvalue weighted by atomic mass is 19.4. The van der Waals surface area contributed by atoms with Gasteiger partial charge in [0.1, 0.15) is 29.2 Å². The second-order valence-corrected chi connectivity index (χ2v) is 11.5. The van der Waals surface area contributed by atoms with E-state index in [0.717, 1.165) is 37.4 Å². The van der Waals surface area contributed by atoms with E-state index in [2.05, 4.69) is 14.9 Å². The summed E-state index contributed by atoms with van der Waals surface area (Å²) in [6.45, 7) is 7.13. The molecule has 0 spiro atoms. The standard InChI is InChI=1S/C30H35F4N5O3/c1-17(21-4-3-5-23(25(21)31)30(32,33)34)35-27-22-16-24-26(42-15-12-39(24)28(22)37-18(2)36-27)19-6-10-38(11-7-19)29(40)20-8-13-41-14-9-20/h3-5,16-17,19-20,26H,6-15H2,1-2H3,(H,35,36,37)/t17-,26?/m1/s1. The number of nitrogens with one attached hydrogen (secondary N) is 1. The maximum atomic E-state index is 14.9. The summed E-state index contributed by atoms with van der Waals surface area (Å²) in [4.78, 5) is 24.3. The van der Waals surface area contributed by atoms with Crippen LogP contribution in [0.5, 0.6) is 0 Å². The molecule has 3 aliphatic heterocycles. The quantitative estimate of drug-likeness (QED) is 0.379. The van der Waals surface area contributed by atoms with Crippen molar-refractivity contribution in [2.24, 2.45) is 11.8 Å². The van der Waals surface area contributed by atoms with Crippen LogP contribution in [0.2, 0.25) is 0 Å². The Balaban J connectivity index is 1.23. The molecule has 3 aliphatic rings. The SMILES string of the molecule is Cc1nc(N[C@H](C)c2cccc(C(F)(F)F)c2F)c2cc3n(c2n1)CCOC3C1CCN(C(=O)C2CCOCC2)CC1. The first-order chi connectivity index (χ1) is 20.1. The van der Waals surface area contributed by atoms with Gasteiger partial charge in [0.2, 0.25) is 5.91 Å². The number of rotatable bonds is 5. The summed E-state index contributed by atoms with van der Waals surface area (Å²) in [5.74, 6) is 0.116. The Kier molecular flexibility index (Phi) is 7.86. The zero-order chi connectivity index (χ0) is 29.6. The van der Waals surface area contributed by atoms with E-state index < -0.39 is 23.6 Å². The molecular formula is C30H35F4N5O3. The van der Waals surface area contributed by atoms with Crippen molar-refractivity contribution >= 4 is 22.8 Å². The number of anilines is 1. The lowest BCUT2D eigenvalue weighted by Gasteiger charge is -2.39. The number of likely N-dealkylation sites (tertiary alicyclic amines) is 1. The number of nitrogens with zero attached hydrogens (tertiary/aromatic N) is 4. The number of amides is 1. The van der Waals surface area contributed by atoms with E-state index in [9.17, 15) is 22.4 Å². The minimum atomic E-state index is -4.79. The molecule has 0 radical (unpaired) electrons. The lowest BCUT2D eigenvalue weighted by atomic mass is 9.88. The van der Waals surface area contributed by atoms with Gasteiger partial charge in [-0.2, -0.15) is 13.2 Å². The van der Waals surface area contributed by atoms with Crippen molar-refractivity contribution in [1.82, 2.24) is 19.4 Å². The average Bonchev–Trinajstić information content (AvgIpc) is 3.36. The van der Waals surface area contributed by atoms with Gasteiger partial charge in [0.15, 0.2) is 0 Å². The minimum Gasteiger partial charge on any atom is -0.381 e. The molecule has 226 valence electrons. The number of fused-ring (bicyclic) bond motifs is 3. The molecule has 1 unspecified atom stereocenters. The fraction of sp³-hybridized carbons (Fsp3) is 0.567. The number of alkyl halides is 3. The molecule has 1 N–H and O–H groups in total. The molecule has 3 aromatic rings. The third-order valence-electron chi connectivity index (χ3n) is 8.80. The molecule has 2 aromatic heterocycles. The third kappa shape index (κ3) is 5.46. The highest BCUT2D eigenvalue weighted by molar-refractivity contribution is 5.89. The van der Waals surface area contributed by atoms with Gasteiger partial charge in [-0.25, -0.2) is 14.4 Å². The molecule has 8 nitrogen and oxygen atoms in total. The van der Waals surface area contributed by atoms with Gasteiger partial charge in [-0.15, -0.1) is 0 Å². The van der Waals surface area contributed by atoms with Gasteiger partial charge in [0.05, 0.1) is 23.6 Å². The predicted molar refractivity (Wildman–Crippen MR) is 147 cm³/mol. The van der Waals surface area contributed by atoms with Crippen molar-refractivity contribution in [1.29, 1.82) is 0 Å². The van der Waals surface area contributed by atoms with Crippen LogP contribution < -0.4 is 5.32 Å². The summed E-state index contributed by atoms with van der Waals surface area (Å²) < 4.78 is 68.7. The highest BCUT2D eigenvalue weighted by Crippen LogP contribution is 2.41. The second kappa shape index (κ2) is 11.4. The molecule has 0 saturated carbocycles. The first kappa shape index (κ1) is 28.9. The number of halogens is 4. The van der Waals surface area contributed by atoms with E-state index in [1.807, 2.05) is 11.0 Å². The molecule has 12 heteroatoms. The van der Waals surface area contributed by atoms with Crippen molar-refractivity contribution in [3.8, 4) is 0 Å². The zero-order valence-electron chi connectivity index (χ0n) is 23.7. The normalized spacial score (nSPS) is 21.4. The Morgan fingerprint density at radius 2 is 1.81 bits per heavy atom. The van der Waals surface area contributed by atoms with E-state index in [-0.39, 0.29) is 29.4 Å². The van der Waals surface area contributed by atoms with Crippen molar-refractivity contribution in [3.05, 3.63) is 52.7 Å². The van der Waals surface area contributed by atoms with Crippen LogP contribution >= 0.6 is 0 Å². The second-order valence-electron chi connectivity index (χ2n) is 11.5. The van der Waals surface area contributed by atoms with Crippen LogP contribution in [0.3, 0.4) is 0 Å². The smallest absolute Gasteiger partial charge is 0.381 e. The Bertz CT molecular complexity index is 1460. The maximum absolute atomic E-state index is 14.9. The van der Waals surface area contributed by atoms with Crippen LogP contribution in [0.25, 0.3) is 11.0 Å². The van der Waals surface area contributed by atoms with Crippen molar-refractivity contribution < 1.29 is 31.8 Å². The molecule has 1 aromatic carbocycles. The average molecular weight is 590 g/mol. The number of aromatic nitrogens is 3. The minimum absolute atomic E-state index is 0.0447. The fourth-order valence-corrected chi connectivity index (χ4v) is 6.58. The Hall–Kier alpha value is -3.25. The van der Waals surface area contributed by atoms with Crippen molar-refractivity contribution in [2.75, 3.05) is 38.2 Å². The van der Waals surface area contributed by atoms with Gasteiger partial charge in [-0.3, -0.25) is 4.79 Å². The summed E-state index contributed by atoms with van der Waals surface area (Å²) in [5, 5.41) is 3.85. The lowest BCUT2D eigenvalue weighted by molar-refractivity contribution is -0.141. The Morgan fingerprint density at radius 1 is 1.07 bits per heavy atom. The van der Waals surface area contributed by atoms with Crippen LogP contribution in [0, 0.1) is 24.6 Å². The third-order valence-corrected chi connectivity index (χ3v) is 8.80. The fourth-order valence-electron chi connectivity index (χ4n) is 6.58. The number of carbonyl (C=O) groups is 1. The van der Waals surface area contributed by atoms with Gasteiger partial charge in [-0.05, 0) is 57.6 Å². The molecule has 2 saturated heterocycles. The Morgan fingerprint density at radius 3 is 2.52 bits per heavy atom. The molecule has 1 amide bonds. The summed E-state index contributed by atoms with van der Waals surface area (Å²) in [6.07, 6.45) is -1.77. The molecule has 0 bridgehead atoms. The number of benzene rings is 1. The number of piperidine rings is 1. The van der Waals surface area contributed by atoms with Crippen LogP contribution in [0.1, 0.15) is 67.4 Å². The van der Waals surface area contributed by atoms with E-state index >= 15 is 0 Å². The first-order valence-corrected chi connectivity index (χ1v) is 14.6. The van der Waals surface area contributed by atoms with E-state index in [1.165, 1.54) is 12.1 Å². The van der Waals surface area contributed by atoms with E-state index in [1.54, 1.807) is 13.8 Å². The van der Waals surface area contributed by atoms with Crippen LogP contribution in [0.4, 0.5) is 23.4 Å². The molecule has 5 heterocycles. The monoisotopic (exact) mass is 589 g/mol. The van der Waals surface area contributed by atoms with E-state index in [0.29, 0.717) is 62.1 Å². The summed E-state index contributed by atoms with van der Waals surface area (Å²) in [7, 11) is 0. The summed E-state index contributed by atoms with van der Waals surface area (Å²) in [6, 6.07) is 4.50. The predicted octanol–water partition coefficient (Wildman–Crippen LogP) is 5.81. The molecule has 0 aliphatic carbocycles. The summed E-state index contributed by atoms with van der Waals surface area (Å²) >= 11 is 0. The van der Waals surface area contributed by atoms with Gasteiger partial charge in [0.25, 0.3) is 0 Å². The van der Waals surface area contributed by atoms with Crippen LogP contribution in [-0.4, -0.2) is 58.3 Å². The maximum Gasteiger partial charge on any atom is 0.419 e. The first-order valence-electron chi connectivity index (χ1n) is 14.6. The lowest BCUT2D eigenvalue weighted by Crippen LogP contribution is -2.44. The number of ether oxygens (including phenoxy) is 2. The zero-order valence-corrected chi connectivity index (χ0v) is 23.7. The van der Waals surface area contributed by atoms with Crippen LogP contribution in [-0.2, 0) is 27.0 Å². The van der Waals surface area contributed by atoms with Crippen molar-refractivity contribution in [3.63, 3.8) is 0 Å². The molecule has 6 rings (SSSR count). The van der Waals surface area contributed by atoms with Gasteiger partial charge in [0, 0.05) is 50.0 Å². The molecule has 2 fully saturated rings. The van der Waals surface area contributed by atoms with Crippen LogP contribution in [0.15, 0.2) is 24.3 Å². The number of hydrogen-bond donors (Lipinski definition) is 1. The summed E-state index contributed by atoms with van der Waals surface area (Å²) in [5.41, 5.74) is 0.280. The highest BCUT2D eigenvalue weighted by Gasteiger charge is 2.37. The van der Waals surface area contributed by atoms with Gasteiger partial charge >= 0.3 is 6.18 Å². The van der Waals surface area contributed by atoms with E-state index in [4.69, 9.17) is 14.5 Å². The topological polar surface area (TPSA) is 81.5 Å². The number of hydrogen-bond acceptors (Lipinski definition) is 6. The molecule has 42 heavy (non-hydrogen) atoms. The largest absolute Gasteiger partial charge is 0.419 e. The number of aryl methyl sites for hydroxylation is 1. The van der Waals surface area contributed by atoms with Gasteiger partial charge < -0.3 is 24.3 Å². The number of carbonyl (C=O) groups excluding carboxylic acids is 1. The molecular weight excluding hydrogens is 554 g/mol.